The average molecular weight is 599 g/mol. The number of hydrogen-bond acceptors (Lipinski definition) is 1. The van der Waals surface area contributed by atoms with Gasteiger partial charge >= 0.3 is 0 Å². The molecule has 0 bridgehead atoms. The second-order valence-corrected chi connectivity index (χ2v) is 13.9. The van der Waals surface area contributed by atoms with Crippen LogP contribution < -0.4 is 0 Å². The smallest absolute Gasteiger partial charge is 0.0725 e. The Hall–Kier alpha value is -5.37. The van der Waals surface area contributed by atoms with Crippen LogP contribution in [0, 0.1) is 0 Å². The van der Waals surface area contributed by atoms with Crippen molar-refractivity contribution in [3.63, 3.8) is 0 Å². The zero-order valence-corrected chi connectivity index (χ0v) is 25.7. The summed E-state index contributed by atoms with van der Waals surface area (Å²) in [6, 6.07) is 59.5. The number of rotatable bonds is 1. The van der Waals surface area contributed by atoms with Crippen molar-refractivity contribution < 1.29 is 0 Å². The Balaban J connectivity index is 1.23. The Kier molecular flexibility index (Phi) is 4.80. The normalized spacial score (nSPS) is 16.3. The van der Waals surface area contributed by atoms with Crippen molar-refractivity contribution in [2.75, 3.05) is 0 Å². The molecule has 8 aromatic carbocycles. The van der Waals surface area contributed by atoms with Crippen LogP contribution in [0.2, 0.25) is 0 Å². The molecule has 1 unspecified atom stereocenters. The van der Waals surface area contributed by atoms with Gasteiger partial charge < -0.3 is 0 Å². The zero-order valence-electron chi connectivity index (χ0n) is 24.9. The van der Waals surface area contributed by atoms with Crippen molar-refractivity contribution in [2.24, 2.45) is 0 Å². The molecule has 3 aliphatic rings. The number of hydrogen-bond donors (Lipinski definition) is 0. The Morgan fingerprint density at radius 2 is 0.913 bits per heavy atom. The molecule has 1 heteroatoms. The van der Waals surface area contributed by atoms with Crippen LogP contribution in [0.5, 0.6) is 0 Å². The first kappa shape index (κ1) is 24.9. The highest BCUT2D eigenvalue weighted by Crippen LogP contribution is 2.64. The van der Waals surface area contributed by atoms with Crippen LogP contribution in [0.1, 0.15) is 22.3 Å². The van der Waals surface area contributed by atoms with Crippen molar-refractivity contribution in [1.29, 1.82) is 0 Å². The summed E-state index contributed by atoms with van der Waals surface area (Å²) in [6.45, 7) is 0. The van der Waals surface area contributed by atoms with Gasteiger partial charge in [-0.3, -0.25) is 0 Å². The first-order valence-corrected chi connectivity index (χ1v) is 16.8. The van der Waals surface area contributed by atoms with Crippen LogP contribution in [-0.4, -0.2) is 0 Å². The van der Waals surface area contributed by atoms with E-state index >= 15 is 0 Å². The summed E-state index contributed by atoms with van der Waals surface area (Å²) in [5, 5.41) is 5.25. The van der Waals surface area contributed by atoms with Gasteiger partial charge in [-0.25, -0.2) is 0 Å². The van der Waals surface area contributed by atoms with Gasteiger partial charge in [0, 0.05) is 20.7 Å². The molecular formula is C45H26S. The Bertz CT molecular complexity index is 2620. The van der Waals surface area contributed by atoms with Crippen molar-refractivity contribution in [1.82, 2.24) is 0 Å². The van der Waals surface area contributed by atoms with Gasteiger partial charge in [-0.15, -0.1) is 0 Å². The molecule has 1 aliphatic heterocycles. The van der Waals surface area contributed by atoms with E-state index in [9.17, 15) is 0 Å². The van der Waals surface area contributed by atoms with Crippen LogP contribution >= 0.6 is 11.8 Å². The van der Waals surface area contributed by atoms with E-state index in [-0.39, 0.29) is 5.41 Å². The highest BCUT2D eigenvalue weighted by molar-refractivity contribution is 7.99. The van der Waals surface area contributed by atoms with E-state index in [0.29, 0.717) is 0 Å². The van der Waals surface area contributed by atoms with E-state index < -0.39 is 0 Å². The monoisotopic (exact) mass is 598 g/mol. The Morgan fingerprint density at radius 1 is 0.348 bits per heavy atom. The second-order valence-electron chi connectivity index (χ2n) is 12.8. The standard InChI is InChI=1S/C45H26S/c1-2-11-29-25-40-36(24-28(29)10-1)33-15-4-6-19-38(33)45(40)37-18-5-3-14-32(37)34-23-22-30(26-39(34)45)31-16-9-21-42-44(31)35-17-7-12-27-13-8-20-41(46-42)43(27)35/h1-26H. The lowest BCUT2D eigenvalue weighted by Crippen LogP contribution is -2.25. The van der Waals surface area contributed by atoms with Crippen molar-refractivity contribution in [3.05, 3.63) is 180 Å². The lowest BCUT2D eigenvalue weighted by Gasteiger charge is -2.31. The lowest BCUT2D eigenvalue weighted by atomic mass is 9.70. The van der Waals surface area contributed by atoms with E-state index in [4.69, 9.17) is 0 Å². The molecule has 0 amide bonds. The maximum Gasteiger partial charge on any atom is 0.0725 e. The first-order valence-electron chi connectivity index (χ1n) is 16.0. The molecule has 1 heterocycles. The van der Waals surface area contributed by atoms with Crippen LogP contribution in [-0.2, 0) is 5.41 Å². The van der Waals surface area contributed by atoms with Crippen molar-refractivity contribution in [3.8, 4) is 44.5 Å². The van der Waals surface area contributed by atoms with Crippen LogP contribution in [0.25, 0.3) is 66.1 Å². The molecule has 46 heavy (non-hydrogen) atoms. The van der Waals surface area contributed by atoms with Crippen LogP contribution in [0.4, 0.5) is 0 Å². The summed E-state index contributed by atoms with van der Waals surface area (Å²) < 4.78 is 0. The third-order valence-electron chi connectivity index (χ3n) is 10.6. The molecule has 0 aromatic heterocycles. The fourth-order valence-electron chi connectivity index (χ4n) is 8.84. The summed E-state index contributed by atoms with van der Waals surface area (Å²) in [6.07, 6.45) is 0. The van der Waals surface area contributed by atoms with Gasteiger partial charge in [-0.05, 0) is 108 Å². The maximum atomic E-state index is 2.53. The predicted molar refractivity (Wildman–Crippen MR) is 193 cm³/mol. The minimum absolute atomic E-state index is 0.381. The molecule has 0 nitrogen and oxygen atoms in total. The van der Waals surface area contributed by atoms with Crippen LogP contribution in [0.3, 0.4) is 0 Å². The molecule has 11 rings (SSSR count). The Labute approximate surface area is 272 Å². The summed E-state index contributed by atoms with van der Waals surface area (Å²) in [4.78, 5) is 2.66. The lowest BCUT2D eigenvalue weighted by molar-refractivity contribution is 0.795. The van der Waals surface area contributed by atoms with Gasteiger partial charge in [0.05, 0.1) is 5.41 Å². The van der Waals surface area contributed by atoms with E-state index in [1.165, 1.54) is 98.1 Å². The van der Waals surface area contributed by atoms with Gasteiger partial charge in [0.15, 0.2) is 0 Å². The fraction of sp³-hybridized carbons (Fsp3) is 0.0222. The fourth-order valence-corrected chi connectivity index (χ4v) is 10.0. The summed E-state index contributed by atoms with van der Waals surface area (Å²) in [5.41, 5.74) is 15.8. The molecule has 0 fully saturated rings. The van der Waals surface area contributed by atoms with E-state index in [2.05, 4.69) is 158 Å². The molecular weight excluding hydrogens is 573 g/mol. The molecule has 1 spiro atoms. The summed E-state index contributed by atoms with van der Waals surface area (Å²) in [5.74, 6) is 0. The third kappa shape index (κ3) is 3.02. The quantitative estimate of drug-likeness (QED) is 0.181. The average Bonchev–Trinajstić information content (AvgIpc) is 3.57. The van der Waals surface area contributed by atoms with Crippen LogP contribution in [0.15, 0.2) is 168 Å². The minimum Gasteiger partial charge on any atom is -0.0888 e. The van der Waals surface area contributed by atoms with E-state index in [0.717, 1.165) is 0 Å². The molecule has 1 atom stereocenters. The number of benzene rings is 8. The molecule has 2 aliphatic carbocycles. The molecule has 0 radical (unpaired) electrons. The molecule has 0 saturated heterocycles. The topological polar surface area (TPSA) is 0 Å². The van der Waals surface area contributed by atoms with E-state index in [1.807, 2.05) is 11.8 Å². The van der Waals surface area contributed by atoms with Crippen molar-refractivity contribution >= 4 is 33.3 Å². The second kappa shape index (κ2) is 8.88. The summed E-state index contributed by atoms with van der Waals surface area (Å²) >= 11 is 1.90. The Morgan fingerprint density at radius 3 is 1.74 bits per heavy atom. The largest absolute Gasteiger partial charge is 0.0888 e. The summed E-state index contributed by atoms with van der Waals surface area (Å²) in [7, 11) is 0. The third-order valence-corrected chi connectivity index (χ3v) is 11.8. The maximum absolute atomic E-state index is 2.53. The molecule has 212 valence electrons. The van der Waals surface area contributed by atoms with Crippen molar-refractivity contribution in [2.45, 2.75) is 15.2 Å². The highest BCUT2D eigenvalue weighted by Gasteiger charge is 2.51. The van der Waals surface area contributed by atoms with Gasteiger partial charge in [0.2, 0.25) is 0 Å². The van der Waals surface area contributed by atoms with E-state index in [1.54, 1.807) is 0 Å². The minimum atomic E-state index is -0.381. The molecule has 0 saturated carbocycles. The highest BCUT2D eigenvalue weighted by atomic mass is 32.2. The molecule has 8 aromatic rings. The predicted octanol–water partition coefficient (Wildman–Crippen LogP) is 12.1. The molecule has 0 N–H and O–H groups in total. The zero-order chi connectivity index (χ0) is 30.0. The SMILES string of the molecule is c1ccc2c(c1)-c1ccc(-c3cccc4c3-c3cccc5cccc(c35)S4)cc1C21c2ccccc2-c2cc3ccccc3cc21. The first-order chi connectivity index (χ1) is 22.8. The van der Waals surface area contributed by atoms with Gasteiger partial charge in [0.1, 0.15) is 0 Å². The van der Waals surface area contributed by atoms with Gasteiger partial charge in [-0.2, -0.15) is 0 Å². The number of fused-ring (bicyclic) bond motifs is 13. The van der Waals surface area contributed by atoms with Gasteiger partial charge in [-0.1, -0.05) is 139 Å². The van der Waals surface area contributed by atoms with Gasteiger partial charge in [0.25, 0.3) is 0 Å².